The Bertz CT molecular complexity index is 972. The van der Waals surface area contributed by atoms with Crippen LogP contribution < -0.4 is 5.32 Å². The molecule has 6 nitrogen and oxygen atoms in total. The number of amides is 1. The number of hydrogen-bond acceptors (Lipinski definition) is 5. The predicted molar refractivity (Wildman–Crippen MR) is 118 cm³/mol. The Labute approximate surface area is 187 Å². The van der Waals surface area contributed by atoms with E-state index in [1.165, 1.54) is 19.3 Å². The molecule has 1 amide bonds. The standard InChI is InChI=1S/C24H28ClN5O/c25-21-2-1-15(11-26-21)12-30-4-3-19-20(13-30)27-14-28-22(19)29-23(31)24-8-16-5-17(9-24)7-18(6-16)10-24/h1-2,11,14,16-18H,3-10,12-13H2,(H,27,28,29,31). The van der Waals surface area contributed by atoms with E-state index in [1.807, 2.05) is 18.3 Å². The molecule has 5 aliphatic rings. The summed E-state index contributed by atoms with van der Waals surface area (Å²) in [6, 6.07) is 3.84. The number of anilines is 1. The quantitative estimate of drug-likeness (QED) is 0.724. The first kappa shape index (κ1) is 19.6. The van der Waals surface area contributed by atoms with E-state index in [0.717, 1.165) is 85.7 Å². The number of carbonyl (C=O) groups is 1. The largest absolute Gasteiger partial charge is 0.310 e. The fourth-order valence-corrected chi connectivity index (χ4v) is 7.15. The highest BCUT2D eigenvalue weighted by Gasteiger charge is 2.54. The van der Waals surface area contributed by atoms with Crippen LogP contribution in [0.4, 0.5) is 5.82 Å². The van der Waals surface area contributed by atoms with Crippen LogP contribution in [-0.2, 0) is 24.3 Å². The highest BCUT2D eigenvalue weighted by Crippen LogP contribution is 2.60. The van der Waals surface area contributed by atoms with Crippen LogP contribution in [0.2, 0.25) is 5.15 Å². The maximum atomic E-state index is 13.5. The molecular weight excluding hydrogens is 410 g/mol. The van der Waals surface area contributed by atoms with Crippen molar-refractivity contribution in [2.45, 2.75) is 58.0 Å². The van der Waals surface area contributed by atoms with E-state index in [-0.39, 0.29) is 11.3 Å². The molecule has 0 unspecified atom stereocenters. The number of carbonyl (C=O) groups excluding carboxylic acids is 1. The number of hydrogen-bond donors (Lipinski definition) is 1. The van der Waals surface area contributed by atoms with Gasteiger partial charge in [-0.15, -0.1) is 0 Å². The van der Waals surface area contributed by atoms with E-state index < -0.39 is 0 Å². The van der Waals surface area contributed by atoms with Crippen LogP contribution >= 0.6 is 11.6 Å². The molecule has 4 aliphatic carbocycles. The molecule has 0 saturated heterocycles. The molecule has 3 heterocycles. The molecule has 2 aromatic rings. The monoisotopic (exact) mass is 437 g/mol. The Morgan fingerprint density at radius 2 is 1.84 bits per heavy atom. The fraction of sp³-hybridized carbons (Fsp3) is 0.583. The number of fused-ring (bicyclic) bond motifs is 1. The average Bonchev–Trinajstić information content (AvgIpc) is 2.74. The average molecular weight is 438 g/mol. The number of halogens is 1. The molecule has 7 heteroatoms. The van der Waals surface area contributed by atoms with Crippen molar-refractivity contribution in [1.82, 2.24) is 19.9 Å². The van der Waals surface area contributed by atoms with Crippen LogP contribution in [-0.4, -0.2) is 32.3 Å². The van der Waals surface area contributed by atoms with E-state index in [2.05, 4.69) is 25.2 Å². The fourth-order valence-electron chi connectivity index (χ4n) is 7.04. The molecule has 4 bridgehead atoms. The first-order valence-corrected chi connectivity index (χ1v) is 11.9. The second kappa shape index (κ2) is 7.52. The maximum absolute atomic E-state index is 13.5. The van der Waals surface area contributed by atoms with Gasteiger partial charge in [0, 0.05) is 31.4 Å². The molecule has 1 aliphatic heterocycles. The van der Waals surface area contributed by atoms with E-state index in [0.29, 0.717) is 5.15 Å². The van der Waals surface area contributed by atoms with Gasteiger partial charge in [0.15, 0.2) is 0 Å². The van der Waals surface area contributed by atoms with Crippen molar-refractivity contribution in [3.63, 3.8) is 0 Å². The van der Waals surface area contributed by atoms with Gasteiger partial charge in [0.05, 0.1) is 11.1 Å². The van der Waals surface area contributed by atoms with Crippen LogP contribution in [0.5, 0.6) is 0 Å². The summed E-state index contributed by atoms with van der Waals surface area (Å²) in [5.74, 6) is 3.22. The highest BCUT2D eigenvalue weighted by atomic mass is 35.5. The summed E-state index contributed by atoms with van der Waals surface area (Å²) in [6.07, 6.45) is 11.5. The van der Waals surface area contributed by atoms with E-state index in [4.69, 9.17) is 11.6 Å². The van der Waals surface area contributed by atoms with Crippen molar-refractivity contribution in [1.29, 1.82) is 0 Å². The SMILES string of the molecule is O=C(Nc1ncnc2c1CCN(Cc1ccc(Cl)nc1)C2)C12CC3CC(CC(C3)C1)C2. The van der Waals surface area contributed by atoms with Gasteiger partial charge in [-0.3, -0.25) is 9.69 Å². The van der Waals surface area contributed by atoms with Crippen LogP contribution in [0, 0.1) is 23.2 Å². The van der Waals surface area contributed by atoms with Crippen LogP contribution in [0.25, 0.3) is 0 Å². The Hall–Kier alpha value is -2.05. The van der Waals surface area contributed by atoms with Crippen molar-refractivity contribution in [2.24, 2.45) is 23.2 Å². The first-order valence-electron chi connectivity index (χ1n) is 11.5. The van der Waals surface area contributed by atoms with Crippen LogP contribution in [0.15, 0.2) is 24.7 Å². The third-order valence-electron chi connectivity index (χ3n) is 8.03. The van der Waals surface area contributed by atoms with Gasteiger partial charge < -0.3 is 5.32 Å². The lowest BCUT2D eigenvalue weighted by Gasteiger charge is -2.55. The Balaban J connectivity index is 1.17. The molecule has 7 rings (SSSR count). The minimum atomic E-state index is -0.158. The summed E-state index contributed by atoms with van der Waals surface area (Å²) in [4.78, 5) is 29.1. The summed E-state index contributed by atoms with van der Waals surface area (Å²) in [5.41, 5.74) is 3.10. The van der Waals surface area contributed by atoms with Gasteiger partial charge >= 0.3 is 0 Å². The Kier molecular flexibility index (Phi) is 4.76. The van der Waals surface area contributed by atoms with Gasteiger partial charge in [-0.05, 0) is 74.3 Å². The van der Waals surface area contributed by atoms with Gasteiger partial charge in [0.25, 0.3) is 0 Å². The number of nitrogens with zero attached hydrogens (tertiary/aromatic N) is 4. The second-order valence-corrected chi connectivity index (χ2v) is 10.6. The van der Waals surface area contributed by atoms with Gasteiger partial charge in [0.1, 0.15) is 17.3 Å². The molecule has 4 fully saturated rings. The number of rotatable bonds is 4. The molecule has 2 aromatic heterocycles. The zero-order valence-corrected chi connectivity index (χ0v) is 18.4. The minimum absolute atomic E-state index is 0.158. The second-order valence-electron chi connectivity index (χ2n) is 10.2. The molecule has 0 radical (unpaired) electrons. The van der Waals surface area contributed by atoms with Crippen molar-refractivity contribution in [3.05, 3.63) is 46.6 Å². The number of nitrogens with one attached hydrogen (secondary N) is 1. The van der Waals surface area contributed by atoms with Gasteiger partial charge in [-0.1, -0.05) is 17.7 Å². The van der Waals surface area contributed by atoms with Crippen molar-refractivity contribution in [3.8, 4) is 0 Å². The molecular formula is C24H28ClN5O. The summed E-state index contributed by atoms with van der Waals surface area (Å²) >= 11 is 5.90. The van der Waals surface area contributed by atoms with Crippen LogP contribution in [0.3, 0.4) is 0 Å². The van der Waals surface area contributed by atoms with Crippen molar-refractivity contribution >= 4 is 23.3 Å². The lowest BCUT2D eigenvalue weighted by Crippen LogP contribution is -2.52. The molecule has 0 atom stereocenters. The molecule has 31 heavy (non-hydrogen) atoms. The molecule has 0 aromatic carbocycles. The van der Waals surface area contributed by atoms with Crippen LogP contribution in [0.1, 0.15) is 55.3 Å². The third-order valence-corrected chi connectivity index (χ3v) is 8.26. The maximum Gasteiger partial charge on any atom is 0.231 e. The summed E-state index contributed by atoms with van der Waals surface area (Å²) in [7, 11) is 0. The molecule has 162 valence electrons. The normalized spacial score (nSPS) is 31.5. The van der Waals surface area contributed by atoms with Gasteiger partial charge in [-0.25, -0.2) is 15.0 Å². The minimum Gasteiger partial charge on any atom is -0.310 e. The van der Waals surface area contributed by atoms with Crippen molar-refractivity contribution < 1.29 is 4.79 Å². The first-order chi connectivity index (χ1) is 15.1. The third kappa shape index (κ3) is 3.64. The zero-order valence-electron chi connectivity index (χ0n) is 17.7. The highest BCUT2D eigenvalue weighted by molar-refractivity contribution is 6.29. The van der Waals surface area contributed by atoms with Gasteiger partial charge in [0.2, 0.25) is 5.91 Å². The smallest absolute Gasteiger partial charge is 0.231 e. The Morgan fingerprint density at radius 3 is 2.52 bits per heavy atom. The molecule has 4 saturated carbocycles. The zero-order chi connectivity index (χ0) is 21.0. The molecule has 0 spiro atoms. The van der Waals surface area contributed by atoms with Gasteiger partial charge in [-0.2, -0.15) is 0 Å². The molecule has 1 N–H and O–H groups in total. The number of pyridine rings is 1. The van der Waals surface area contributed by atoms with E-state index >= 15 is 0 Å². The topological polar surface area (TPSA) is 71.0 Å². The predicted octanol–water partition coefficient (Wildman–Crippen LogP) is 4.24. The summed E-state index contributed by atoms with van der Waals surface area (Å²) in [6.45, 7) is 2.46. The van der Waals surface area contributed by atoms with E-state index in [9.17, 15) is 4.79 Å². The van der Waals surface area contributed by atoms with E-state index in [1.54, 1.807) is 6.33 Å². The summed E-state index contributed by atoms with van der Waals surface area (Å²) in [5, 5.41) is 3.78. The Morgan fingerprint density at radius 1 is 1.10 bits per heavy atom. The summed E-state index contributed by atoms with van der Waals surface area (Å²) < 4.78 is 0. The number of aromatic nitrogens is 3. The van der Waals surface area contributed by atoms with Crippen molar-refractivity contribution in [2.75, 3.05) is 11.9 Å². The lowest BCUT2D eigenvalue weighted by atomic mass is 9.49. The lowest BCUT2D eigenvalue weighted by molar-refractivity contribution is -0.140.